The van der Waals surface area contributed by atoms with Gasteiger partial charge in [0.2, 0.25) is 0 Å². The van der Waals surface area contributed by atoms with Crippen molar-refractivity contribution in [2.24, 2.45) is 45.3 Å². The van der Waals surface area contributed by atoms with Gasteiger partial charge < -0.3 is 144 Å². The Bertz CT molecular complexity index is 2340. The Kier molecular flexibility index (Phi) is 22.3. The molecular weight excluding hydrogens is 1180 g/mol. The van der Waals surface area contributed by atoms with E-state index in [1.165, 1.54) is 13.8 Å². The van der Waals surface area contributed by atoms with E-state index in [1.807, 2.05) is 0 Å². The molecule has 5 aliphatic heterocycles. The number of ether oxygens (including phenoxy) is 10. The molecule has 9 rings (SSSR count). The first kappa shape index (κ1) is 71.9. The number of allylic oxidation sites excluding steroid dienone is 1. The minimum absolute atomic E-state index is 0.0362. The first-order valence-corrected chi connectivity index (χ1v) is 31.6. The zero-order chi connectivity index (χ0) is 65.5. The topological polar surface area (TPSA) is 477 Å². The maximum Gasteiger partial charge on any atom is 0.187 e. The van der Waals surface area contributed by atoms with Crippen molar-refractivity contribution in [3.63, 3.8) is 0 Å². The molecule has 19 N–H and O–H groups in total. The summed E-state index contributed by atoms with van der Waals surface area (Å²) in [6.45, 7) is 12.0. The number of aliphatic hydroxyl groups is 19. The van der Waals surface area contributed by atoms with E-state index in [-0.39, 0.29) is 35.5 Å². The van der Waals surface area contributed by atoms with Crippen LogP contribution in [0.3, 0.4) is 0 Å². The lowest BCUT2D eigenvalue weighted by Gasteiger charge is -2.67. The Balaban J connectivity index is 0.967. The fraction of sp³-hybridized carbons (Fsp3) is 0.967. The smallest absolute Gasteiger partial charge is 0.187 e. The molecule has 3 saturated carbocycles. The van der Waals surface area contributed by atoms with Crippen LogP contribution < -0.4 is 0 Å². The highest BCUT2D eigenvalue weighted by Crippen LogP contribution is 2.75. The van der Waals surface area contributed by atoms with Crippen molar-refractivity contribution in [3.05, 3.63) is 11.6 Å². The molecule has 0 aromatic carbocycles. The summed E-state index contributed by atoms with van der Waals surface area (Å²) in [7, 11) is 0. The van der Waals surface area contributed by atoms with Crippen LogP contribution in [0.25, 0.3) is 0 Å². The van der Waals surface area contributed by atoms with Crippen LogP contribution in [-0.4, -0.2) is 308 Å². The minimum atomic E-state index is -2.12. The van der Waals surface area contributed by atoms with Crippen LogP contribution in [-0.2, 0) is 47.4 Å². The quantitative estimate of drug-likeness (QED) is 0.0506. The Labute approximate surface area is 517 Å². The van der Waals surface area contributed by atoms with Gasteiger partial charge in [-0.1, -0.05) is 53.2 Å². The van der Waals surface area contributed by atoms with Gasteiger partial charge in [0.25, 0.3) is 0 Å². The molecule has 0 amide bonds. The summed E-state index contributed by atoms with van der Waals surface area (Å²) in [4.78, 5) is 0. The van der Waals surface area contributed by atoms with E-state index in [0.717, 1.165) is 18.4 Å². The van der Waals surface area contributed by atoms with E-state index in [4.69, 9.17) is 47.4 Å². The van der Waals surface area contributed by atoms with Gasteiger partial charge in [-0.25, -0.2) is 0 Å². The number of aliphatic hydroxyl groups excluding tert-OH is 18. The Morgan fingerprint density at radius 3 is 1.45 bits per heavy atom. The Morgan fingerprint density at radius 2 is 0.966 bits per heavy atom. The molecule has 5 saturated heterocycles. The number of hydrogen-bond donors (Lipinski definition) is 19. The van der Waals surface area contributed by atoms with E-state index in [2.05, 4.69) is 47.6 Å². The van der Waals surface area contributed by atoms with Gasteiger partial charge in [-0.3, -0.25) is 0 Å². The molecule has 29 heteroatoms. The highest BCUT2D eigenvalue weighted by atomic mass is 16.8. The van der Waals surface area contributed by atoms with Crippen LogP contribution in [0.4, 0.5) is 0 Å². The molecule has 29 nitrogen and oxygen atoms in total. The molecule has 0 radical (unpaired) electrons. The van der Waals surface area contributed by atoms with Gasteiger partial charge in [-0.15, -0.1) is 0 Å². The molecule has 0 spiro atoms. The summed E-state index contributed by atoms with van der Waals surface area (Å²) in [5, 5.41) is 207. The van der Waals surface area contributed by atoms with Gasteiger partial charge in [0.1, 0.15) is 122 Å². The zero-order valence-corrected chi connectivity index (χ0v) is 51.8. The number of rotatable bonds is 20. The lowest BCUT2D eigenvalue weighted by Crippen LogP contribution is -2.67. The first-order chi connectivity index (χ1) is 41.7. The summed E-state index contributed by atoms with van der Waals surface area (Å²) in [5.41, 5.74) is -2.44. The number of hydrogen-bond acceptors (Lipinski definition) is 29. The lowest BCUT2D eigenvalue weighted by molar-refractivity contribution is -0.397. The third-order valence-corrected chi connectivity index (χ3v) is 22.9. The fourth-order valence-electron chi connectivity index (χ4n) is 17.1. The van der Waals surface area contributed by atoms with Gasteiger partial charge in [-0.05, 0) is 99.7 Å². The van der Waals surface area contributed by atoms with Gasteiger partial charge in [0.05, 0.1) is 56.9 Å². The SMILES string of the molecule is C[C@H](CC[C@@H](O[C@@H]1O[C@H](CO[C@H]2O[C@H](CO)[C@@H](O)[C@H](O)[C@H]2O)[C@@H](O[C@H]2O[C@H](CO)[C@@H](O)[C@H](O)[C@H]2O)[C@H](O)[C@H]1O[C@H]1O[C@@H](CO)[C@H](O)[C@@H](O)[C@@H]1O)C(C)(C)O)C1CC[C@@]2(C)C3CC=C4C(CC[C@H](O[C@@H]5O[C@H](CO)[C@@H](O)[C@H](O)[C@H]5O)C4(C)C)[C@]3(C)[C@H](O)C[C@]12C. The standard InChI is InChI=1S/C60H102O29/c1-23(24-15-16-58(6)32-12-10-25-26(60(32,8)33(65)17-59(24,58)7)11-14-34(56(25,2)3)86-52-45(75)41(71)37(67)28(19-62)82-52)9-13-35(57(4,5)79)87-55-50(89-54-47(77)43(73)39(69)30(21-64)84-54)48(78)49(88-53-46(76)42(72)38(68)29(20-63)83-53)31(85-55)22-80-51-44(74)40(70)36(66)27(18-61)81-51/h10,23-24,26-55,61-79H,9,11-22H2,1-8H3/t23-,24?,26?,27-,28-,29-,30+,31-,32?,33-,34+,35-,36-,37-,38-,39+,40+,41+,42+,43-,44-,45-,46-,47+,48+,49-,50-,51+,52+,53-,54-,55+,58+,59-,60+/m1/s1. The molecule has 9 aliphatic rings. The third-order valence-electron chi connectivity index (χ3n) is 22.9. The predicted molar refractivity (Wildman–Crippen MR) is 300 cm³/mol. The van der Waals surface area contributed by atoms with E-state index in [1.54, 1.807) is 0 Å². The second kappa shape index (κ2) is 27.6. The molecule has 5 heterocycles. The van der Waals surface area contributed by atoms with Gasteiger partial charge in [0.15, 0.2) is 31.5 Å². The average molecular weight is 1290 g/mol. The monoisotopic (exact) mass is 1290 g/mol. The predicted octanol–water partition coefficient (Wildman–Crippen LogP) is -5.41. The van der Waals surface area contributed by atoms with Crippen molar-refractivity contribution in [1.29, 1.82) is 0 Å². The van der Waals surface area contributed by atoms with Crippen LogP contribution in [0.15, 0.2) is 11.6 Å². The molecule has 0 aromatic heterocycles. The van der Waals surface area contributed by atoms with E-state index in [9.17, 15) is 97.0 Å². The molecule has 0 bridgehead atoms. The normalized spacial score (nSPS) is 51.8. The molecule has 0 aromatic rings. The van der Waals surface area contributed by atoms with Gasteiger partial charge >= 0.3 is 0 Å². The van der Waals surface area contributed by atoms with Crippen molar-refractivity contribution >= 4 is 0 Å². The van der Waals surface area contributed by atoms with Crippen LogP contribution in [0.2, 0.25) is 0 Å². The summed E-state index contributed by atoms with van der Waals surface area (Å²) in [5.74, 6) is -0.0307. The van der Waals surface area contributed by atoms with Crippen LogP contribution in [0, 0.1) is 45.3 Å². The van der Waals surface area contributed by atoms with Crippen molar-refractivity contribution in [1.82, 2.24) is 0 Å². The second-order valence-corrected chi connectivity index (χ2v) is 28.7. The molecule has 89 heavy (non-hydrogen) atoms. The summed E-state index contributed by atoms with van der Waals surface area (Å²) in [6, 6.07) is 0. The van der Waals surface area contributed by atoms with Crippen molar-refractivity contribution in [2.75, 3.05) is 33.0 Å². The van der Waals surface area contributed by atoms with Gasteiger partial charge in [-0.2, -0.15) is 0 Å². The minimum Gasteiger partial charge on any atom is -0.394 e. The average Bonchev–Trinajstić information content (AvgIpc) is 1.66. The van der Waals surface area contributed by atoms with Crippen molar-refractivity contribution < 1.29 is 144 Å². The van der Waals surface area contributed by atoms with E-state index in [0.29, 0.717) is 32.1 Å². The summed E-state index contributed by atoms with van der Waals surface area (Å²) in [6.07, 6.45) is -39.7. The highest BCUT2D eigenvalue weighted by Gasteiger charge is 2.71. The Morgan fingerprint density at radius 1 is 0.517 bits per heavy atom. The summed E-state index contributed by atoms with van der Waals surface area (Å²) < 4.78 is 60.6. The maximum atomic E-state index is 12.8. The number of fused-ring (bicyclic) bond motifs is 5. The maximum absolute atomic E-state index is 12.8. The largest absolute Gasteiger partial charge is 0.394 e. The second-order valence-electron chi connectivity index (χ2n) is 28.7. The van der Waals surface area contributed by atoms with Gasteiger partial charge in [0, 0.05) is 10.8 Å². The first-order valence-electron chi connectivity index (χ1n) is 31.6. The molecule has 35 atom stereocenters. The molecule has 3 unspecified atom stereocenters. The summed E-state index contributed by atoms with van der Waals surface area (Å²) >= 11 is 0. The van der Waals surface area contributed by atoms with Crippen LogP contribution >= 0.6 is 0 Å². The zero-order valence-electron chi connectivity index (χ0n) is 51.8. The van der Waals surface area contributed by atoms with Crippen molar-refractivity contribution in [2.45, 2.75) is 284 Å². The third kappa shape index (κ3) is 13.0. The molecule has 8 fully saturated rings. The highest BCUT2D eigenvalue weighted by molar-refractivity contribution is 5.32. The van der Waals surface area contributed by atoms with E-state index < -0.39 is 227 Å². The van der Waals surface area contributed by atoms with E-state index >= 15 is 0 Å². The lowest BCUT2D eigenvalue weighted by atomic mass is 9.38. The van der Waals surface area contributed by atoms with Crippen molar-refractivity contribution in [3.8, 4) is 0 Å². The molecule has 4 aliphatic carbocycles. The molecular formula is C60H102O29. The fourth-order valence-corrected chi connectivity index (χ4v) is 17.1. The van der Waals surface area contributed by atoms with Crippen LogP contribution in [0.1, 0.15) is 107 Å². The van der Waals surface area contributed by atoms with Crippen LogP contribution in [0.5, 0.6) is 0 Å². The molecule has 516 valence electrons. The Hall–Kier alpha value is -1.42.